The van der Waals surface area contributed by atoms with Crippen molar-refractivity contribution in [2.24, 2.45) is 5.92 Å². The lowest BCUT2D eigenvalue weighted by Crippen LogP contribution is -2.47. The molecular weight excluding hydrogens is 542 g/mol. The zero-order valence-electron chi connectivity index (χ0n) is 24.2. The van der Waals surface area contributed by atoms with Crippen LogP contribution in [0.2, 0.25) is 0 Å². The van der Waals surface area contributed by atoms with Crippen LogP contribution in [0.5, 0.6) is 0 Å². The third kappa shape index (κ3) is 15.0. The van der Waals surface area contributed by atoms with Crippen LogP contribution in [0, 0.1) is 5.92 Å². The number of esters is 5. The van der Waals surface area contributed by atoms with Gasteiger partial charge in [-0.3, -0.25) is 19.2 Å². The molecule has 0 aromatic carbocycles. The molecule has 3 atom stereocenters. The van der Waals surface area contributed by atoms with Gasteiger partial charge < -0.3 is 37.9 Å². The maximum absolute atomic E-state index is 11.9. The first-order chi connectivity index (χ1) is 18.7. The maximum Gasteiger partial charge on any atom is 0.417 e. The minimum atomic E-state index is -1.31. The third-order valence-corrected chi connectivity index (χ3v) is 4.66. The molecule has 0 radical (unpaired) electrons. The molecule has 0 unspecified atom stereocenters. The molecule has 0 aromatic rings. The Bertz CT molecular complexity index is 852. The first-order valence-electron chi connectivity index (χ1n) is 11.6. The number of ether oxygens (including phenoxy) is 8. The fourth-order valence-electron chi connectivity index (χ4n) is 2.76. The molecule has 0 heterocycles. The highest BCUT2D eigenvalue weighted by atomic mass is 16.7. The summed E-state index contributed by atoms with van der Waals surface area (Å²) in [6, 6.07) is -1.25. The van der Waals surface area contributed by atoms with Crippen LogP contribution in [0.25, 0.3) is 0 Å². The van der Waals surface area contributed by atoms with E-state index in [9.17, 15) is 33.6 Å². The summed E-state index contributed by atoms with van der Waals surface area (Å²) in [5.74, 6) is -4.82. The molecule has 16 nitrogen and oxygen atoms in total. The molecule has 16 heteroatoms. The largest absolute Gasteiger partial charge is 0.469 e. The van der Waals surface area contributed by atoms with E-state index in [1.807, 2.05) is 0 Å². The molecule has 2 amide bonds. The Kier molecular flexibility index (Phi) is 19.3. The summed E-state index contributed by atoms with van der Waals surface area (Å²) in [5.41, 5.74) is -0.832. The second kappa shape index (κ2) is 20.2. The normalized spacial score (nSPS) is 12.6. The number of hydrogen-bond donors (Lipinski definition) is 0. The van der Waals surface area contributed by atoms with Gasteiger partial charge in [-0.15, -0.1) is 0 Å². The van der Waals surface area contributed by atoms with Crippen molar-refractivity contribution in [1.82, 2.24) is 4.90 Å². The number of nitrogens with zero attached hydrogens (tertiary/aromatic N) is 1. The maximum atomic E-state index is 11.9. The Morgan fingerprint density at radius 1 is 0.750 bits per heavy atom. The predicted molar refractivity (Wildman–Crippen MR) is 132 cm³/mol. The summed E-state index contributed by atoms with van der Waals surface area (Å²) in [4.78, 5) is 80.9. The second-order valence-electron chi connectivity index (χ2n) is 8.57. The highest BCUT2D eigenvalue weighted by Crippen LogP contribution is 2.18. The van der Waals surface area contributed by atoms with Crippen LogP contribution in [-0.4, -0.2) is 114 Å². The molecule has 0 aliphatic rings. The molecule has 0 saturated carbocycles. The fraction of sp³-hybridized carbons (Fsp3) is 0.708. The fourth-order valence-corrected chi connectivity index (χ4v) is 2.76. The molecule has 0 saturated heterocycles. The molecule has 0 aromatic heterocycles. The van der Waals surface area contributed by atoms with E-state index in [1.165, 1.54) is 21.3 Å². The molecule has 0 spiro atoms. The van der Waals surface area contributed by atoms with E-state index < -0.39 is 59.6 Å². The van der Waals surface area contributed by atoms with Crippen molar-refractivity contribution in [1.29, 1.82) is 0 Å². The van der Waals surface area contributed by atoms with Gasteiger partial charge in [-0.05, 0) is 27.2 Å². The number of rotatable bonds is 14. The van der Waals surface area contributed by atoms with Crippen LogP contribution in [-0.2, 0) is 66.7 Å². The van der Waals surface area contributed by atoms with E-state index >= 15 is 0 Å². The van der Waals surface area contributed by atoms with Gasteiger partial charge in [0.05, 0.1) is 42.0 Å². The average molecular weight is 582 g/mol. The monoisotopic (exact) mass is 581 g/mol. The molecule has 0 rings (SSSR count). The van der Waals surface area contributed by atoms with Gasteiger partial charge in [0, 0.05) is 13.5 Å². The van der Waals surface area contributed by atoms with Crippen LogP contribution in [0.4, 0.5) is 4.79 Å². The Morgan fingerprint density at radius 2 is 1.27 bits per heavy atom. The van der Waals surface area contributed by atoms with Gasteiger partial charge in [-0.2, -0.15) is 0 Å². The van der Waals surface area contributed by atoms with Crippen molar-refractivity contribution in [3.63, 3.8) is 0 Å². The number of hydrogen-bond acceptors (Lipinski definition) is 15. The van der Waals surface area contributed by atoms with Crippen molar-refractivity contribution < 1.29 is 71.5 Å². The smallest absolute Gasteiger partial charge is 0.417 e. The van der Waals surface area contributed by atoms with Gasteiger partial charge in [0.1, 0.15) is 24.4 Å². The summed E-state index contributed by atoms with van der Waals surface area (Å²) in [6.45, 7) is 4.62. The van der Waals surface area contributed by atoms with E-state index in [0.717, 1.165) is 21.3 Å². The molecule has 0 aliphatic heterocycles. The first-order valence-corrected chi connectivity index (χ1v) is 11.6. The first kappa shape index (κ1) is 38.4. The Hall–Kier alpha value is -3.79. The van der Waals surface area contributed by atoms with Crippen LogP contribution >= 0.6 is 0 Å². The Balaban J connectivity index is 0. The molecule has 0 N–H and O–H groups in total. The van der Waals surface area contributed by atoms with Gasteiger partial charge in [0.2, 0.25) is 6.41 Å². The zero-order chi connectivity index (χ0) is 31.5. The van der Waals surface area contributed by atoms with Crippen molar-refractivity contribution in [2.45, 2.75) is 57.8 Å². The molecule has 40 heavy (non-hydrogen) atoms. The van der Waals surface area contributed by atoms with Gasteiger partial charge >= 0.3 is 35.9 Å². The van der Waals surface area contributed by atoms with Crippen LogP contribution in [0.3, 0.4) is 0 Å². The van der Waals surface area contributed by atoms with Crippen LogP contribution in [0.15, 0.2) is 0 Å². The minimum absolute atomic E-state index is 0.114. The third-order valence-electron chi connectivity index (χ3n) is 4.66. The van der Waals surface area contributed by atoms with Crippen molar-refractivity contribution in [3.8, 4) is 0 Å². The van der Waals surface area contributed by atoms with Crippen molar-refractivity contribution in [3.05, 3.63) is 0 Å². The summed E-state index contributed by atoms with van der Waals surface area (Å²) in [6.07, 6.45) is -2.75. The SMILES string of the molecule is COC(=O)CC[C@@H](C(=O)OC)N(C=O)C(=O)OC(C)(C)C.COCO[C@@H](C(=O)OC)[C@H](CC(=O)OC)C(=O)OC. The Labute approximate surface area is 232 Å². The van der Waals surface area contributed by atoms with E-state index in [4.69, 9.17) is 9.47 Å². The number of carbonyl (C=O) groups is 7. The quantitative estimate of drug-likeness (QED) is 0.118. The number of carbonyl (C=O) groups excluding carboxylic acids is 7. The lowest BCUT2D eigenvalue weighted by Gasteiger charge is -2.27. The number of methoxy groups -OCH3 is 6. The highest BCUT2D eigenvalue weighted by molar-refractivity contribution is 5.89. The standard InChI is InChI=1S/C13H21NO7.C11H18O8/c1-13(2,3)21-12(18)14(8-15)9(11(17)20-5)6-7-10(16)19-4;1-15-6-19-9(11(14)18-4)7(10(13)17-3)5-8(12)16-2/h8-9H,6-7H2,1-5H3;7,9H,5-6H2,1-4H3/t9-;7-,9+/m00/s1. The lowest BCUT2D eigenvalue weighted by molar-refractivity contribution is -0.179. The summed E-state index contributed by atoms with van der Waals surface area (Å²) < 4.78 is 37.3. The molecule has 0 bridgehead atoms. The van der Waals surface area contributed by atoms with Gasteiger partial charge in [-0.25, -0.2) is 19.3 Å². The second-order valence-corrected chi connectivity index (χ2v) is 8.57. The van der Waals surface area contributed by atoms with E-state index in [2.05, 4.69) is 28.4 Å². The van der Waals surface area contributed by atoms with Gasteiger partial charge in [-0.1, -0.05) is 0 Å². The highest BCUT2D eigenvalue weighted by Gasteiger charge is 2.38. The van der Waals surface area contributed by atoms with E-state index in [-0.39, 0.29) is 32.5 Å². The van der Waals surface area contributed by atoms with E-state index in [0.29, 0.717) is 4.90 Å². The van der Waals surface area contributed by atoms with Gasteiger partial charge in [0.25, 0.3) is 0 Å². The molecule has 230 valence electrons. The van der Waals surface area contributed by atoms with Crippen LogP contribution in [0.1, 0.15) is 40.0 Å². The molecule has 0 fully saturated rings. The predicted octanol–water partition coefficient (Wildman–Crippen LogP) is 0.376. The average Bonchev–Trinajstić information content (AvgIpc) is 2.92. The molecular formula is C24H39NO15. The molecule has 0 aliphatic carbocycles. The Morgan fingerprint density at radius 3 is 1.68 bits per heavy atom. The van der Waals surface area contributed by atoms with Gasteiger partial charge in [0.15, 0.2) is 6.10 Å². The summed E-state index contributed by atoms with van der Waals surface area (Å²) in [5, 5.41) is 0. The lowest BCUT2D eigenvalue weighted by atomic mass is 9.98. The topological polar surface area (TPSA) is 197 Å². The minimum Gasteiger partial charge on any atom is -0.469 e. The zero-order valence-corrected chi connectivity index (χ0v) is 24.2. The van der Waals surface area contributed by atoms with Crippen molar-refractivity contribution >= 4 is 42.3 Å². The van der Waals surface area contributed by atoms with Crippen LogP contribution < -0.4 is 0 Å². The van der Waals surface area contributed by atoms with Crippen molar-refractivity contribution in [2.75, 3.05) is 49.5 Å². The number of amides is 2. The van der Waals surface area contributed by atoms with E-state index in [1.54, 1.807) is 20.8 Å². The summed E-state index contributed by atoms with van der Waals surface area (Å²) >= 11 is 0. The summed E-state index contributed by atoms with van der Waals surface area (Å²) in [7, 11) is 7.10. The number of imide groups is 1.